The summed E-state index contributed by atoms with van der Waals surface area (Å²) in [6.07, 6.45) is 4.10. The molecule has 1 aromatic carbocycles. The van der Waals surface area contributed by atoms with E-state index in [1.165, 1.54) is 6.20 Å². The Labute approximate surface area is 225 Å². The first-order valence-corrected chi connectivity index (χ1v) is 13.0. The lowest BCUT2D eigenvalue weighted by atomic mass is 10.0. The van der Waals surface area contributed by atoms with Crippen molar-refractivity contribution in [2.24, 2.45) is 0 Å². The summed E-state index contributed by atoms with van der Waals surface area (Å²) >= 11 is 2.18. The number of amides is 2. The number of nitrogens with one attached hydrogen (secondary N) is 2. The molecule has 1 aromatic heterocycles. The van der Waals surface area contributed by atoms with Crippen LogP contribution in [0, 0.1) is 3.57 Å². The zero-order valence-electron chi connectivity index (χ0n) is 21.1. The summed E-state index contributed by atoms with van der Waals surface area (Å²) in [5.74, 6) is 1.44. The summed E-state index contributed by atoms with van der Waals surface area (Å²) in [5.41, 5.74) is 0.928. The first kappa shape index (κ1) is 28.1. The number of carbonyl (C=O) groups is 2. The molecule has 1 aliphatic rings. The molecule has 3 rings (SSSR count). The Hall–Kier alpha value is -2.51. The molecule has 1 aliphatic heterocycles. The number of hydrogen-bond donors (Lipinski definition) is 2. The summed E-state index contributed by atoms with van der Waals surface area (Å²) in [6, 6.07) is 3.81. The lowest BCUT2D eigenvalue weighted by molar-refractivity contribution is -0.124. The van der Waals surface area contributed by atoms with Crippen LogP contribution in [0.4, 0.5) is 11.8 Å². The number of ether oxygens (including phenoxy) is 4. The number of anilines is 2. The van der Waals surface area contributed by atoms with Gasteiger partial charge in [-0.3, -0.25) is 14.9 Å². The summed E-state index contributed by atoms with van der Waals surface area (Å²) in [4.78, 5) is 33.8. The predicted octanol–water partition coefficient (Wildman–Crippen LogP) is 4.88. The van der Waals surface area contributed by atoms with Crippen LogP contribution < -0.4 is 20.1 Å². The molecular weight excluding hydrogens is 579 g/mol. The molecule has 36 heavy (non-hydrogen) atoms. The molecule has 1 fully saturated rings. The second kappa shape index (κ2) is 13.7. The van der Waals surface area contributed by atoms with E-state index in [0.29, 0.717) is 38.2 Å². The molecular formula is C25H33IN4O6. The summed E-state index contributed by atoms with van der Waals surface area (Å²) in [5, 5.41) is 5.49. The van der Waals surface area contributed by atoms with E-state index in [1.54, 1.807) is 14.2 Å². The molecule has 0 bridgehead atoms. The molecule has 10 nitrogen and oxygen atoms in total. The average molecular weight is 612 g/mol. The minimum Gasteiger partial charge on any atom is -0.496 e. The molecule has 1 atom stereocenters. The lowest BCUT2D eigenvalue weighted by Gasteiger charge is -2.18. The quantitative estimate of drug-likeness (QED) is 0.257. The van der Waals surface area contributed by atoms with Crippen molar-refractivity contribution in [1.29, 1.82) is 0 Å². The molecule has 11 heteroatoms. The number of rotatable bonds is 12. The molecule has 2 heterocycles. The molecule has 2 amide bonds. The summed E-state index contributed by atoms with van der Waals surface area (Å²) in [6.45, 7) is 5.24. The van der Waals surface area contributed by atoms with Gasteiger partial charge in [-0.15, -0.1) is 0 Å². The van der Waals surface area contributed by atoms with E-state index >= 15 is 0 Å². The van der Waals surface area contributed by atoms with E-state index in [0.717, 1.165) is 27.7 Å². The van der Waals surface area contributed by atoms with Crippen LogP contribution in [0.2, 0.25) is 0 Å². The lowest BCUT2D eigenvalue weighted by Crippen LogP contribution is -2.27. The predicted molar refractivity (Wildman–Crippen MR) is 144 cm³/mol. The third kappa shape index (κ3) is 7.74. The van der Waals surface area contributed by atoms with Crippen molar-refractivity contribution in [3.63, 3.8) is 0 Å². The first-order valence-electron chi connectivity index (χ1n) is 12.0. The van der Waals surface area contributed by atoms with Gasteiger partial charge in [0.05, 0.1) is 16.9 Å². The molecule has 2 aromatic rings. The van der Waals surface area contributed by atoms with Crippen LogP contribution in [0.1, 0.15) is 57.4 Å². The fourth-order valence-corrected chi connectivity index (χ4v) is 4.32. The van der Waals surface area contributed by atoms with Gasteiger partial charge in [-0.25, -0.2) is 4.98 Å². The van der Waals surface area contributed by atoms with Gasteiger partial charge in [0, 0.05) is 32.3 Å². The topological polar surface area (TPSA) is 121 Å². The molecule has 0 radical (unpaired) electrons. The normalized spacial score (nSPS) is 15.1. The van der Waals surface area contributed by atoms with Crippen molar-refractivity contribution in [3.8, 4) is 17.2 Å². The van der Waals surface area contributed by atoms with Crippen molar-refractivity contribution < 1.29 is 28.5 Å². The molecule has 0 saturated carbocycles. The first-order chi connectivity index (χ1) is 17.3. The van der Waals surface area contributed by atoms with Gasteiger partial charge in [0.1, 0.15) is 17.6 Å². The molecule has 0 spiro atoms. The van der Waals surface area contributed by atoms with Crippen molar-refractivity contribution in [3.05, 3.63) is 27.5 Å². The number of methoxy groups -OCH3 is 2. The Morgan fingerprint density at radius 3 is 2.64 bits per heavy atom. The van der Waals surface area contributed by atoms with E-state index in [-0.39, 0.29) is 35.2 Å². The largest absolute Gasteiger partial charge is 0.496 e. The van der Waals surface area contributed by atoms with Crippen LogP contribution in [0.3, 0.4) is 0 Å². The van der Waals surface area contributed by atoms with Gasteiger partial charge < -0.3 is 24.3 Å². The Morgan fingerprint density at radius 1 is 1.17 bits per heavy atom. The highest BCUT2D eigenvalue weighted by Gasteiger charge is 2.26. The monoisotopic (exact) mass is 612 g/mol. The van der Waals surface area contributed by atoms with Crippen LogP contribution in [-0.2, 0) is 19.1 Å². The van der Waals surface area contributed by atoms with Gasteiger partial charge in [-0.2, -0.15) is 4.98 Å². The second-order valence-corrected chi connectivity index (χ2v) is 9.84. The van der Waals surface area contributed by atoms with Gasteiger partial charge in [0.2, 0.25) is 11.9 Å². The maximum absolute atomic E-state index is 12.8. The number of carbonyl (C=O) groups excluding carboxylic acids is 2. The van der Waals surface area contributed by atoms with Gasteiger partial charge in [-0.05, 0) is 66.3 Å². The zero-order chi connectivity index (χ0) is 26.1. The number of benzene rings is 1. The number of aromatic nitrogens is 2. The molecule has 196 valence electrons. The van der Waals surface area contributed by atoms with Gasteiger partial charge in [0.25, 0.3) is 5.91 Å². The third-order valence-electron chi connectivity index (χ3n) is 5.60. The van der Waals surface area contributed by atoms with E-state index in [2.05, 4.69) is 57.0 Å². The third-order valence-corrected chi connectivity index (χ3v) is 6.44. The Morgan fingerprint density at radius 2 is 1.97 bits per heavy atom. The minimum absolute atomic E-state index is 0.0788. The minimum atomic E-state index is -0.556. The van der Waals surface area contributed by atoms with Crippen molar-refractivity contribution in [1.82, 2.24) is 9.97 Å². The van der Waals surface area contributed by atoms with Crippen molar-refractivity contribution in [2.45, 2.75) is 58.0 Å². The molecule has 1 unspecified atom stereocenters. The van der Waals surface area contributed by atoms with Crippen LogP contribution >= 0.6 is 22.6 Å². The van der Waals surface area contributed by atoms with Crippen LogP contribution in [0.25, 0.3) is 0 Å². The highest BCUT2D eigenvalue weighted by molar-refractivity contribution is 14.1. The van der Waals surface area contributed by atoms with Crippen molar-refractivity contribution >= 4 is 46.2 Å². The van der Waals surface area contributed by atoms with E-state index in [4.69, 9.17) is 18.9 Å². The second-order valence-electron chi connectivity index (χ2n) is 8.68. The average Bonchev–Trinajstić information content (AvgIpc) is 3.39. The molecule has 0 aliphatic carbocycles. The highest BCUT2D eigenvalue weighted by atomic mass is 127. The Kier molecular flexibility index (Phi) is 10.7. The van der Waals surface area contributed by atoms with Crippen LogP contribution in [-0.4, -0.2) is 55.3 Å². The maximum atomic E-state index is 12.8. The maximum Gasteiger partial charge on any atom is 0.254 e. The van der Waals surface area contributed by atoms with E-state index in [9.17, 15) is 9.59 Å². The van der Waals surface area contributed by atoms with Gasteiger partial charge in [0.15, 0.2) is 11.6 Å². The zero-order valence-corrected chi connectivity index (χ0v) is 23.2. The summed E-state index contributed by atoms with van der Waals surface area (Å²) < 4.78 is 23.1. The number of unbranched alkanes of at least 4 members (excludes halogenated alkanes) is 1. The number of halogens is 1. The Balaban J connectivity index is 1.86. The fourth-order valence-electron chi connectivity index (χ4n) is 3.66. The summed E-state index contributed by atoms with van der Waals surface area (Å²) in [7, 11) is 3.25. The van der Waals surface area contributed by atoms with E-state index < -0.39 is 6.10 Å². The number of hydrogen-bond acceptors (Lipinski definition) is 8. The Bertz CT molecular complexity index is 1060. The smallest absolute Gasteiger partial charge is 0.254 e. The van der Waals surface area contributed by atoms with Gasteiger partial charge >= 0.3 is 0 Å². The number of nitrogens with zero attached hydrogens (tertiary/aromatic N) is 2. The SMILES string of the molecule is COCCCCC(=O)Nc1ncc(Oc2cc(I)c(OC)cc2C(C)C)c(NC(=O)C2CCCO2)n1. The highest BCUT2D eigenvalue weighted by Crippen LogP contribution is 2.38. The fraction of sp³-hybridized carbons (Fsp3) is 0.520. The van der Waals surface area contributed by atoms with Crippen molar-refractivity contribution in [2.75, 3.05) is 38.1 Å². The van der Waals surface area contributed by atoms with Crippen LogP contribution in [0.5, 0.6) is 17.2 Å². The molecule has 2 N–H and O–H groups in total. The standard InChI is InChI=1S/C25H33IN4O6/c1-15(2)16-12-20(34-4)17(26)13-19(16)36-21-14-27-25(28-22(31)9-5-6-10-33-3)30-23(21)29-24(32)18-8-7-11-35-18/h12-15,18H,5-11H2,1-4H3,(H2,27,28,29,30,31,32). The van der Waals surface area contributed by atoms with Gasteiger partial charge in [-0.1, -0.05) is 13.8 Å². The molecule has 1 saturated heterocycles. The van der Waals surface area contributed by atoms with Crippen LogP contribution in [0.15, 0.2) is 18.3 Å². The van der Waals surface area contributed by atoms with E-state index in [1.807, 2.05) is 12.1 Å².